The van der Waals surface area contributed by atoms with E-state index >= 15 is 0 Å². The van der Waals surface area contributed by atoms with E-state index in [4.69, 9.17) is 23.2 Å². The Bertz CT molecular complexity index is 1300. The van der Waals surface area contributed by atoms with Gasteiger partial charge in [-0.2, -0.15) is 29.8 Å². The highest BCUT2D eigenvalue weighted by molar-refractivity contribution is 6.30. The number of hydrogen-bond acceptors (Lipinski definition) is 6. The van der Waals surface area contributed by atoms with Gasteiger partial charge in [0.2, 0.25) is 0 Å². The number of halogens is 2. The lowest BCUT2D eigenvalue weighted by atomic mass is 10.1. The van der Waals surface area contributed by atoms with Crippen molar-refractivity contribution in [2.24, 2.45) is 10.2 Å². The number of H-pyrrole nitrogens is 2. The largest absolute Gasteiger partial charge is 0.364 e. The van der Waals surface area contributed by atoms with Crippen LogP contribution >= 0.6 is 23.2 Å². The first-order valence-electron chi connectivity index (χ1n) is 10.4. The molecule has 0 radical (unpaired) electrons. The highest BCUT2D eigenvalue weighted by Gasteiger charge is 2.09. The number of aromatic amines is 2. The monoisotopic (exact) mass is 498 g/mol. The standard InChI is InChI=1S/C22H20Cl2N8O2/c23-17-7-3-15(4-8-17)13-19-27-29-21(33)31(19)25-11-1-2-12-26-32-20(28-30-22(32)34)14-16-5-9-18(24)10-6-16/h3-12H,1-2,13-14H2,(H,29,33)(H,30,34)/b25-11-,26-12-. The van der Waals surface area contributed by atoms with Gasteiger partial charge in [-0.05, 0) is 48.2 Å². The molecule has 0 saturated carbocycles. The molecule has 10 nitrogen and oxygen atoms in total. The van der Waals surface area contributed by atoms with Gasteiger partial charge in [0.05, 0.1) is 0 Å². The zero-order chi connectivity index (χ0) is 23.9. The van der Waals surface area contributed by atoms with Gasteiger partial charge >= 0.3 is 11.4 Å². The number of nitrogens with zero attached hydrogens (tertiary/aromatic N) is 6. The van der Waals surface area contributed by atoms with Crippen LogP contribution in [-0.4, -0.2) is 42.2 Å². The number of nitrogens with one attached hydrogen (secondary N) is 2. The zero-order valence-electron chi connectivity index (χ0n) is 17.9. The molecule has 0 unspecified atom stereocenters. The Kier molecular flexibility index (Phi) is 7.51. The fraction of sp³-hybridized carbons (Fsp3) is 0.182. The topological polar surface area (TPSA) is 126 Å². The smallest absolute Gasteiger partial charge is 0.244 e. The van der Waals surface area contributed by atoms with Crippen molar-refractivity contribution >= 4 is 35.6 Å². The SMILES string of the molecule is O=c1[nH]nc(Cc2ccc(Cl)cc2)n1/N=C\CC/C=N\n1c(Cc2ccc(Cl)cc2)n[nH]c1=O. The van der Waals surface area contributed by atoms with Crippen LogP contribution in [0.1, 0.15) is 35.6 Å². The van der Waals surface area contributed by atoms with E-state index in [1.165, 1.54) is 9.35 Å². The van der Waals surface area contributed by atoms with Crippen LogP contribution in [0.4, 0.5) is 0 Å². The molecule has 0 saturated heterocycles. The molecule has 2 N–H and O–H groups in total. The molecule has 4 aromatic rings. The molecule has 0 bridgehead atoms. The van der Waals surface area contributed by atoms with E-state index in [1.807, 2.05) is 24.3 Å². The molecule has 4 rings (SSSR count). The van der Waals surface area contributed by atoms with Crippen LogP contribution in [-0.2, 0) is 12.8 Å². The highest BCUT2D eigenvalue weighted by Crippen LogP contribution is 2.13. The van der Waals surface area contributed by atoms with Gasteiger partial charge in [0, 0.05) is 35.3 Å². The van der Waals surface area contributed by atoms with Gasteiger partial charge in [-0.1, -0.05) is 47.5 Å². The molecule has 2 aromatic heterocycles. The van der Waals surface area contributed by atoms with Crippen LogP contribution in [0, 0.1) is 0 Å². The number of benzene rings is 2. The first kappa shape index (κ1) is 23.4. The summed E-state index contributed by atoms with van der Waals surface area (Å²) in [5, 5.41) is 22.6. The van der Waals surface area contributed by atoms with E-state index in [0.29, 0.717) is 47.4 Å². The Hall–Kier alpha value is -3.76. The molecule has 0 amide bonds. The Morgan fingerprint density at radius 1 is 0.706 bits per heavy atom. The van der Waals surface area contributed by atoms with E-state index < -0.39 is 11.4 Å². The molecule has 0 aliphatic rings. The predicted octanol–water partition coefficient (Wildman–Crippen LogP) is 3.09. The summed E-state index contributed by atoms with van der Waals surface area (Å²) in [6.45, 7) is 0. The highest BCUT2D eigenvalue weighted by atomic mass is 35.5. The molecular weight excluding hydrogens is 479 g/mol. The number of aromatic nitrogens is 6. The summed E-state index contributed by atoms with van der Waals surface area (Å²) >= 11 is 11.8. The van der Waals surface area contributed by atoms with Crippen molar-refractivity contribution in [2.75, 3.05) is 0 Å². The van der Waals surface area contributed by atoms with Crippen LogP contribution < -0.4 is 11.4 Å². The third-order valence-corrected chi connectivity index (χ3v) is 5.31. The fourth-order valence-corrected chi connectivity index (χ4v) is 3.37. The lowest BCUT2D eigenvalue weighted by molar-refractivity contribution is 0.767. The Morgan fingerprint density at radius 2 is 1.09 bits per heavy atom. The Balaban J connectivity index is 1.35. The average molecular weight is 499 g/mol. The molecule has 0 spiro atoms. The van der Waals surface area contributed by atoms with E-state index in [1.54, 1.807) is 36.7 Å². The number of unbranched alkanes of at least 4 members (excludes halogenated alkanes) is 1. The van der Waals surface area contributed by atoms with Crippen molar-refractivity contribution in [3.8, 4) is 0 Å². The molecule has 12 heteroatoms. The van der Waals surface area contributed by atoms with Crippen LogP contribution in [0.5, 0.6) is 0 Å². The van der Waals surface area contributed by atoms with Crippen LogP contribution in [0.25, 0.3) is 0 Å². The first-order valence-corrected chi connectivity index (χ1v) is 11.1. The van der Waals surface area contributed by atoms with Gasteiger partial charge in [0.1, 0.15) is 0 Å². The maximum atomic E-state index is 12.0. The van der Waals surface area contributed by atoms with Gasteiger partial charge in [-0.25, -0.2) is 19.8 Å². The van der Waals surface area contributed by atoms with Crippen LogP contribution in [0.3, 0.4) is 0 Å². The summed E-state index contributed by atoms with van der Waals surface area (Å²) in [6, 6.07) is 14.6. The minimum absolute atomic E-state index is 0.425. The number of hydrogen-bond donors (Lipinski definition) is 2. The molecule has 174 valence electrons. The second-order valence-corrected chi connectivity index (χ2v) is 8.17. The first-order chi connectivity index (χ1) is 16.5. The summed E-state index contributed by atoms with van der Waals surface area (Å²) < 4.78 is 2.44. The number of rotatable bonds is 9. The molecule has 0 fully saturated rings. The summed E-state index contributed by atoms with van der Waals surface area (Å²) in [7, 11) is 0. The van der Waals surface area contributed by atoms with E-state index in [0.717, 1.165) is 11.1 Å². The van der Waals surface area contributed by atoms with Crippen molar-refractivity contribution in [1.29, 1.82) is 0 Å². The van der Waals surface area contributed by atoms with Gasteiger partial charge in [-0.3, -0.25) is 0 Å². The van der Waals surface area contributed by atoms with E-state index in [-0.39, 0.29) is 0 Å². The molecule has 34 heavy (non-hydrogen) atoms. The van der Waals surface area contributed by atoms with Crippen LogP contribution in [0.2, 0.25) is 10.0 Å². The fourth-order valence-electron chi connectivity index (χ4n) is 3.11. The van der Waals surface area contributed by atoms with Crippen LogP contribution in [0.15, 0.2) is 68.3 Å². The summed E-state index contributed by atoms with van der Waals surface area (Å²) in [6.07, 6.45) is 5.05. The molecule has 2 aromatic carbocycles. The third-order valence-electron chi connectivity index (χ3n) is 4.81. The van der Waals surface area contributed by atoms with Crippen molar-refractivity contribution in [3.63, 3.8) is 0 Å². The quantitative estimate of drug-likeness (QED) is 0.271. The molecule has 0 aliphatic heterocycles. The van der Waals surface area contributed by atoms with Gasteiger partial charge < -0.3 is 0 Å². The maximum Gasteiger partial charge on any atom is 0.364 e. The second-order valence-electron chi connectivity index (χ2n) is 7.29. The minimum atomic E-state index is -0.425. The Labute approximate surface area is 203 Å². The van der Waals surface area contributed by atoms with Gasteiger partial charge in [-0.15, -0.1) is 0 Å². The van der Waals surface area contributed by atoms with E-state index in [9.17, 15) is 9.59 Å². The molecule has 0 aliphatic carbocycles. The summed E-state index contributed by atoms with van der Waals surface area (Å²) in [5.41, 5.74) is 1.05. The van der Waals surface area contributed by atoms with Crippen molar-refractivity contribution in [1.82, 2.24) is 29.7 Å². The Morgan fingerprint density at radius 3 is 1.47 bits per heavy atom. The molecule has 0 atom stereocenters. The normalized spacial score (nSPS) is 11.7. The maximum absolute atomic E-state index is 12.0. The van der Waals surface area contributed by atoms with Crippen molar-refractivity contribution in [3.05, 3.63) is 102 Å². The van der Waals surface area contributed by atoms with Gasteiger partial charge in [0.25, 0.3) is 0 Å². The molecule has 2 heterocycles. The van der Waals surface area contributed by atoms with E-state index in [2.05, 4.69) is 30.6 Å². The minimum Gasteiger partial charge on any atom is -0.244 e. The van der Waals surface area contributed by atoms with Crippen molar-refractivity contribution in [2.45, 2.75) is 25.7 Å². The second kappa shape index (κ2) is 10.9. The van der Waals surface area contributed by atoms with Gasteiger partial charge in [0.15, 0.2) is 11.6 Å². The summed E-state index contributed by atoms with van der Waals surface area (Å²) in [5.74, 6) is 0.961. The third kappa shape index (κ3) is 5.97. The zero-order valence-corrected chi connectivity index (χ0v) is 19.4. The van der Waals surface area contributed by atoms with Crippen molar-refractivity contribution < 1.29 is 0 Å². The lowest BCUT2D eigenvalue weighted by Crippen LogP contribution is -2.15. The predicted molar refractivity (Wildman–Crippen MR) is 131 cm³/mol. The summed E-state index contributed by atoms with van der Waals surface area (Å²) in [4.78, 5) is 24.1. The average Bonchev–Trinajstić information content (AvgIpc) is 3.35. The lowest BCUT2D eigenvalue weighted by Gasteiger charge is -2.01. The molecular formula is C22H20Cl2N8O2.